The van der Waals surface area contributed by atoms with Crippen LogP contribution in [-0.4, -0.2) is 170 Å². The van der Waals surface area contributed by atoms with Crippen molar-refractivity contribution < 1.29 is 81.7 Å². The Morgan fingerprint density at radius 1 is 0.233 bits per heavy atom. The van der Waals surface area contributed by atoms with Crippen molar-refractivity contribution in [2.45, 2.75) is 0 Å². The fourth-order valence-corrected chi connectivity index (χ4v) is 1.34. The van der Waals surface area contributed by atoms with Gasteiger partial charge < -0.3 is 0 Å². The van der Waals surface area contributed by atoms with Gasteiger partial charge in [0.15, 0.2) is 0 Å². The van der Waals surface area contributed by atoms with Crippen molar-refractivity contribution in [3.05, 3.63) is 0 Å². The summed E-state index contributed by atoms with van der Waals surface area (Å²) in [7, 11) is 2.54. The Labute approximate surface area is 269 Å². The topological polar surface area (TPSA) is 239 Å². The monoisotopic (exact) mass is 777 g/mol. The molecule has 0 aliphatic rings. The van der Waals surface area contributed by atoms with Gasteiger partial charge in [0.25, 0.3) is 0 Å². The van der Waals surface area contributed by atoms with Gasteiger partial charge in [0.1, 0.15) is 0 Å². The molecule has 18 nitrogen and oxygen atoms in total. The molecule has 0 saturated carbocycles. The molecule has 0 unspecified atom stereocenters. The second kappa shape index (κ2) is 32.0. The Balaban J connectivity index is -0.0000000720. The molecule has 0 heterocycles. The number of hydrogen-bond acceptors (Lipinski definition) is 12. The van der Waals surface area contributed by atoms with E-state index in [2.05, 4.69) is 54.3 Å². The second-order valence-corrected chi connectivity index (χ2v) is 21.0. The van der Waals surface area contributed by atoms with Gasteiger partial charge >= 0.3 is 62.9 Å². The summed E-state index contributed by atoms with van der Waals surface area (Å²) in [6.45, 7) is 9.13. The van der Waals surface area contributed by atoms with E-state index in [4.69, 9.17) is 27.4 Å². The summed E-state index contributed by atoms with van der Waals surface area (Å²) in [5.41, 5.74) is 0. The minimum Gasteiger partial charge on any atom is -0.271 e. The van der Waals surface area contributed by atoms with E-state index in [0.717, 1.165) is 0 Å². The smallest absolute Gasteiger partial charge is 0.271 e. The first-order valence-corrected chi connectivity index (χ1v) is 23.1. The summed E-state index contributed by atoms with van der Waals surface area (Å²) in [4.78, 5) is 0. The standard InChI is InChI=1S/6C3H9O3P.Al/c6*1-5-7(3,4)6-2;/h6*1-3H3;/q;;;;;;+3/p+6. The van der Waals surface area contributed by atoms with Crippen LogP contribution in [0, 0.1) is 0 Å². The summed E-state index contributed by atoms with van der Waals surface area (Å²) in [6.07, 6.45) is 0. The summed E-state index contributed by atoms with van der Waals surface area (Å²) in [6, 6.07) is 0. The molecule has 25 heteroatoms. The largest absolute Gasteiger partial charge is 3.00 e. The fraction of sp³-hybridized carbons (Fsp3) is 1.00. The van der Waals surface area contributed by atoms with E-state index in [0.29, 0.717) is 0 Å². The van der Waals surface area contributed by atoms with Crippen molar-refractivity contribution in [1.29, 1.82) is 0 Å². The molecule has 0 radical (unpaired) electrons. The van der Waals surface area contributed by atoms with Crippen LogP contribution in [0.2, 0.25) is 0 Å². The molecule has 264 valence electrons. The van der Waals surface area contributed by atoms with Gasteiger partial charge in [-0.2, -0.15) is 0 Å². The van der Waals surface area contributed by atoms with Crippen LogP contribution in [0.15, 0.2) is 0 Å². The van der Waals surface area contributed by atoms with Crippen LogP contribution in [0.3, 0.4) is 0 Å². The molecular formula is C18H60AlO18P6+9. The average molecular weight is 777 g/mol. The molecule has 0 amide bonds. The van der Waals surface area contributed by atoms with Crippen LogP contribution in [0.25, 0.3) is 0 Å². The maximum atomic E-state index is 8.80. The Hall–Kier alpha value is 1.43. The summed E-state index contributed by atoms with van der Waals surface area (Å²) >= 11 is 0. The van der Waals surface area contributed by atoms with Crippen molar-refractivity contribution in [2.75, 3.05) is 125 Å². The van der Waals surface area contributed by atoms with Gasteiger partial charge in [-0.25, -0.2) is 0 Å². The van der Waals surface area contributed by atoms with E-state index in [1.165, 1.54) is 125 Å². The minimum atomic E-state index is -2.40. The van der Waals surface area contributed by atoms with Crippen LogP contribution in [0.4, 0.5) is 0 Å². The first kappa shape index (κ1) is 59.8. The molecule has 0 spiro atoms. The zero-order chi connectivity index (χ0) is 35.5. The number of rotatable bonds is 12. The van der Waals surface area contributed by atoms with Gasteiger partial charge in [-0.1, -0.05) is 0 Å². The Bertz CT molecular complexity index is 686. The average Bonchev–Trinajstić information content (AvgIpc) is 2.98. The zero-order valence-corrected chi connectivity index (χ0v) is 35.4. The van der Waals surface area contributed by atoms with Crippen molar-refractivity contribution in [3.63, 3.8) is 0 Å². The first-order chi connectivity index (χ1) is 18.7. The normalized spacial score (nSPS) is 11.6. The fourth-order valence-electron chi connectivity index (χ4n) is 0.447. The molecule has 0 aromatic heterocycles. The van der Waals surface area contributed by atoms with Gasteiger partial charge in [-0.15, -0.1) is 0 Å². The van der Waals surface area contributed by atoms with Crippen LogP contribution >= 0.6 is 45.6 Å². The molecular weight excluding hydrogens is 717 g/mol. The van der Waals surface area contributed by atoms with Crippen molar-refractivity contribution in [3.8, 4) is 0 Å². The van der Waals surface area contributed by atoms with Crippen molar-refractivity contribution in [2.24, 2.45) is 0 Å². The molecule has 43 heavy (non-hydrogen) atoms. The van der Waals surface area contributed by atoms with E-state index in [1.54, 1.807) is 0 Å². The van der Waals surface area contributed by atoms with Crippen molar-refractivity contribution in [1.82, 2.24) is 0 Å². The second-order valence-electron chi connectivity index (χ2n) is 7.01. The van der Waals surface area contributed by atoms with Gasteiger partial charge in [-0.3, -0.25) is 81.7 Å². The summed E-state index contributed by atoms with van der Waals surface area (Å²) in [5.74, 6) is 0. The Kier molecular flexibility index (Phi) is 44.5. The molecule has 0 rings (SSSR count). The van der Waals surface area contributed by atoms with Crippen LogP contribution in [0.1, 0.15) is 0 Å². The quantitative estimate of drug-likeness (QED) is 0.128. The Morgan fingerprint density at radius 2 is 0.279 bits per heavy atom. The molecule has 0 fully saturated rings. The third kappa shape index (κ3) is 53.2. The minimum absolute atomic E-state index is 0. The van der Waals surface area contributed by atoms with Gasteiger partial charge in [0.2, 0.25) is 0 Å². The molecule has 0 aromatic rings. The molecule has 0 bridgehead atoms. The number of hydrogen-bond donors (Lipinski definition) is 0. The zero-order valence-electron chi connectivity index (χ0n) is 28.8. The first-order valence-electron chi connectivity index (χ1n) is 11.0. The van der Waals surface area contributed by atoms with Gasteiger partial charge in [0, 0.05) is 0 Å². The van der Waals surface area contributed by atoms with Crippen LogP contribution < -0.4 is 0 Å². The van der Waals surface area contributed by atoms with Crippen LogP contribution in [-0.2, 0) is 54.3 Å². The van der Waals surface area contributed by atoms with E-state index in [-0.39, 0.29) is 17.4 Å². The maximum absolute atomic E-state index is 8.80. The third-order valence-corrected chi connectivity index (χ3v) is 12.2. The molecule has 0 aromatic carbocycles. The maximum Gasteiger partial charge on any atom is 3.00 e. The molecule has 6 N–H and O–H groups in total. The Morgan fingerprint density at radius 3 is 0.279 bits per heavy atom. The summed E-state index contributed by atoms with van der Waals surface area (Å²) in [5, 5.41) is 0. The molecule has 0 atom stereocenters. The SMILES string of the molecule is COP(C)(=[OH+])OC.COP(C)(=[OH+])OC.COP(C)(=[OH+])OC.COP(C)(=[OH+])OC.COP(C)(=[OH+])OC.COP(C)(=[OH+])OC.[Al+3]. The van der Waals surface area contributed by atoms with E-state index >= 15 is 0 Å². The summed E-state index contributed by atoms with van der Waals surface area (Å²) < 4.78 is 107. The van der Waals surface area contributed by atoms with Crippen LogP contribution in [0.5, 0.6) is 0 Å². The van der Waals surface area contributed by atoms with E-state index in [1.807, 2.05) is 0 Å². The molecule has 0 aliphatic carbocycles. The third-order valence-electron chi connectivity index (χ3n) is 4.07. The van der Waals surface area contributed by atoms with Crippen molar-refractivity contribution >= 4 is 62.9 Å². The van der Waals surface area contributed by atoms with Gasteiger partial charge in [0.05, 0.1) is 125 Å². The predicted molar refractivity (Wildman–Crippen MR) is 179 cm³/mol. The van der Waals surface area contributed by atoms with Gasteiger partial charge in [-0.05, 0) is 0 Å². The predicted octanol–water partition coefficient (Wildman–Crippen LogP) is 5.88. The molecule has 0 saturated heterocycles. The van der Waals surface area contributed by atoms with E-state index in [9.17, 15) is 0 Å². The molecule has 0 aliphatic heterocycles. The van der Waals surface area contributed by atoms with E-state index < -0.39 is 45.6 Å².